The van der Waals surface area contributed by atoms with Crippen molar-refractivity contribution in [3.8, 4) is 0 Å². The van der Waals surface area contributed by atoms with Crippen molar-refractivity contribution < 1.29 is 14.3 Å². The second-order valence-corrected chi connectivity index (χ2v) is 10.9. The average molecular weight is 497 g/mol. The number of piperazine rings is 1. The van der Waals surface area contributed by atoms with E-state index in [2.05, 4.69) is 61.7 Å². The van der Waals surface area contributed by atoms with Crippen LogP contribution in [-0.2, 0) is 4.74 Å². The van der Waals surface area contributed by atoms with E-state index in [1.54, 1.807) is 6.20 Å². The number of pyridine rings is 1. The standard InChI is InChI=1S/C27H40N6O3/c1-16(2)13-28-24-23(17(3)4)31-20(14-29-24)25(34)33-11-10-32(15-27(33,7)8)21-12-18(5)22(19(6)30-21)26(35)36-9/h12,14,16-17H,10-11,13,15H2,1-9H3,(H,28,29). The van der Waals surface area contributed by atoms with Crippen LogP contribution in [0.1, 0.15) is 85.3 Å². The van der Waals surface area contributed by atoms with Gasteiger partial charge in [0.15, 0.2) is 0 Å². The molecule has 1 aliphatic heterocycles. The predicted octanol–water partition coefficient (Wildman–Crippen LogP) is 4.21. The van der Waals surface area contributed by atoms with Crippen LogP contribution >= 0.6 is 0 Å². The SMILES string of the molecule is COC(=O)c1c(C)cc(N2CCN(C(=O)c3cnc(NCC(C)C)c(C(C)C)n3)C(C)(C)C2)nc1C. The van der Waals surface area contributed by atoms with E-state index < -0.39 is 5.54 Å². The molecular formula is C27H40N6O3. The van der Waals surface area contributed by atoms with E-state index in [0.29, 0.717) is 42.5 Å². The number of nitrogens with zero attached hydrogens (tertiary/aromatic N) is 5. The van der Waals surface area contributed by atoms with Crippen molar-refractivity contribution in [2.45, 2.75) is 66.8 Å². The van der Waals surface area contributed by atoms with Gasteiger partial charge in [-0.1, -0.05) is 27.7 Å². The first-order valence-corrected chi connectivity index (χ1v) is 12.6. The summed E-state index contributed by atoms with van der Waals surface area (Å²) in [5, 5.41) is 3.36. The lowest BCUT2D eigenvalue weighted by molar-refractivity contribution is 0.0505. The first-order chi connectivity index (χ1) is 16.9. The lowest BCUT2D eigenvalue weighted by atomic mass is 9.97. The van der Waals surface area contributed by atoms with E-state index in [4.69, 9.17) is 9.72 Å². The van der Waals surface area contributed by atoms with Crippen molar-refractivity contribution in [1.82, 2.24) is 19.9 Å². The molecule has 9 nitrogen and oxygen atoms in total. The average Bonchev–Trinajstić information content (AvgIpc) is 2.80. The zero-order chi connectivity index (χ0) is 26.8. The third-order valence-electron chi connectivity index (χ3n) is 6.49. The van der Waals surface area contributed by atoms with E-state index in [1.165, 1.54) is 7.11 Å². The number of nitrogens with one attached hydrogen (secondary N) is 1. The number of ether oxygens (including phenoxy) is 1. The Morgan fingerprint density at radius 2 is 1.83 bits per heavy atom. The summed E-state index contributed by atoms with van der Waals surface area (Å²) in [4.78, 5) is 43.7. The van der Waals surface area contributed by atoms with Crippen molar-refractivity contribution in [3.63, 3.8) is 0 Å². The fourth-order valence-electron chi connectivity index (χ4n) is 4.60. The highest BCUT2D eigenvalue weighted by atomic mass is 16.5. The van der Waals surface area contributed by atoms with Gasteiger partial charge < -0.3 is 19.9 Å². The van der Waals surface area contributed by atoms with Gasteiger partial charge in [0.05, 0.1) is 35.8 Å². The maximum Gasteiger partial charge on any atom is 0.339 e. The molecule has 36 heavy (non-hydrogen) atoms. The third-order valence-corrected chi connectivity index (χ3v) is 6.49. The highest BCUT2D eigenvalue weighted by Crippen LogP contribution is 2.29. The molecular weight excluding hydrogens is 456 g/mol. The van der Waals surface area contributed by atoms with Crippen LogP contribution in [0.4, 0.5) is 11.6 Å². The van der Waals surface area contributed by atoms with Crippen molar-refractivity contribution in [3.05, 3.63) is 40.5 Å². The Morgan fingerprint density at radius 3 is 2.39 bits per heavy atom. The third kappa shape index (κ3) is 5.77. The molecule has 196 valence electrons. The van der Waals surface area contributed by atoms with Gasteiger partial charge in [-0.05, 0) is 51.2 Å². The zero-order valence-electron chi connectivity index (χ0n) is 23.1. The van der Waals surface area contributed by atoms with Gasteiger partial charge in [0.1, 0.15) is 17.3 Å². The maximum atomic E-state index is 13.6. The molecule has 0 unspecified atom stereocenters. The Labute approximate surface area is 214 Å². The Morgan fingerprint density at radius 1 is 1.14 bits per heavy atom. The summed E-state index contributed by atoms with van der Waals surface area (Å²) in [7, 11) is 1.37. The van der Waals surface area contributed by atoms with Crippen molar-refractivity contribution in [2.24, 2.45) is 5.92 Å². The van der Waals surface area contributed by atoms with Gasteiger partial charge in [-0.25, -0.2) is 19.7 Å². The van der Waals surface area contributed by atoms with Gasteiger partial charge in [0.25, 0.3) is 5.91 Å². The molecule has 0 bridgehead atoms. The molecule has 0 radical (unpaired) electrons. The largest absolute Gasteiger partial charge is 0.465 e. The molecule has 3 heterocycles. The molecule has 2 aromatic rings. The van der Waals surface area contributed by atoms with E-state index in [9.17, 15) is 9.59 Å². The summed E-state index contributed by atoms with van der Waals surface area (Å²) >= 11 is 0. The fraction of sp³-hybridized carbons (Fsp3) is 0.593. The number of rotatable bonds is 7. The zero-order valence-corrected chi connectivity index (χ0v) is 23.1. The van der Waals surface area contributed by atoms with Gasteiger partial charge in [-0.3, -0.25) is 4.79 Å². The quantitative estimate of drug-likeness (QED) is 0.569. The van der Waals surface area contributed by atoms with Crippen LogP contribution in [0.3, 0.4) is 0 Å². The second kappa shape index (κ2) is 10.8. The van der Waals surface area contributed by atoms with Crippen LogP contribution < -0.4 is 10.2 Å². The van der Waals surface area contributed by atoms with Crippen LogP contribution in [0.2, 0.25) is 0 Å². The van der Waals surface area contributed by atoms with Gasteiger partial charge in [0.2, 0.25) is 0 Å². The number of aryl methyl sites for hydroxylation is 2. The van der Waals surface area contributed by atoms with Crippen LogP contribution in [0.25, 0.3) is 0 Å². The molecule has 3 rings (SSSR count). The molecule has 1 saturated heterocycles. The molecule has 0 atom stereocenters. The number of methoxy groups -OCH3 is 1. The van der Waals surface area contributed by atoms with Crippen LogP contribution in [0.5, 0.6) is 0 Å². The molecule has 1 aliphatic rings. The summed E-state index contributed by atoms with van der Waals surface area (Å²) < 4.78 is 4.90. The monoisotopic (exact) mass is 496 g/mol. The van der Waals surface area contributed by atoms with E-state index >= 15 is 0 Å². The minimum Gasteiger partial charge on any atom is -0.465 e. The minimum absolute atomic E-state index is 0.120. The molecule has 2 aromatic heterocycles. The number of hydrogen-bond acceptors (Lipinski definition) is 8. The molecule has 0 aromatic carbocycles. The molecule has 9 heteroatoms. The van der Waals surface area contributed by atoms with Crippen LogP contribution in [0, 0.1) is 19.8 Å². The predicted molar refractivity (Wildman–Crippen MR) is 142 cm³/mol. The summed E-state index contributed by atoms with van der Waals surface area (Å²) in [6.45, 7) is 18.7. The Kier molecular flexibility index (Phi) is 8.21. The number of anilines is 2. The number of carbonyl (C=O) groups is 2. The molecule has 1 amide bonds. The smallest absolute Gasteiger partial charge is 0.339 e. The van der Waals surface area contributed by atoms with E-state index in [-0.39, 0.29) is 17.8 Å². The van der Waals surface area contributed by atoms with Crippen molar-refractivity contribution in [1.29, 1.82) is 0 Å². The Balaban J connectivity index is 1.82. The molecule has 1 fully saturated rings. The summed E-state index contributed by atoms with van der Waals surface area (Å²) in [5.74, 6) is 1.64. The topological polar surface area (TPSA) is 101 Å². The number of aromatic nitrogens is 3. The van der Waals surface area contributed by atoms with Crippen molar-refractivity contribution in [2.75, 3.05) is 43.5 Å². The second-order valence-electron chi connectivity index (χ2n) is 10.9. The van der Waals surface area contributed by atoms with Gasteiger partial charge in [0, 0.05) is 26.2 Å². The number of hydrogen-bond donors (Lipinski definition) is 1. The number of amides is 1. The molecule has 0 saturated carbocycles. The van der Waals surface area contributed by atoms with E-state index in [0.717, 1.165) is 29.4 Å². The van der Waals surface area contributed by atoms with Crippen molar-refractivity contribution >= 4 is 23.5 Å². The van der Waals surface area contributed by atoms with Gasteiger partial charge >= 0.3 is 5.97 Å². The van der Waals surface area contributed by atoms with Crippen LogP contribution in [0.15, 0.2) is 12.3 Å². The van der Waals surface area contributed by atoms with Gasteiger partial charge in [-0.2, -0.15) is 0 Å². The van der Waals surface area contributed by atoms with E-state index in [1.807, 2.05) is 24.8 Å². The summed E-state index contributed by atoms with van der Waals surface area (Å²) in [5.41, 5.74) is 2.66. The first-order valence-electron chi connectivity index (χ1n) is 12.6. The van der Waals surface area contributed by atoms with Crippen LogP contribution in [-0.4, -0.2) is 70.6 Å². The molecule has 0 aliphatic carbocycles. The number of carbonyl (C=O) groups excluding carboxylic acids is 2. The minimum atomic E-state index is -0.464. The maximum absolute atomic E-state index is 13.6. The first kappa shape index (κ1) is 27.4. The summed E-state index contributed by atoms with van der Waals surface area (Å²) in [6, 6.07) is 1.91. The Hall–Kier alpha value is -3.23. The highest BCUT2D eigenvalue weighted by molar-refractivity contribution is 5.93. The fourth-order valence-corrected chi connectivity index (χ4v) is 4.60. The summed E-state index contributed by atoms with van der Waals surface area (Å²) in [6.07, 6.45) is 1.58. The Bertz CT molecular complexity index is 1110. The normalized spacial score (nSPS) is 15.4. The highest BCUT2D eigenvalue weighted by Gasteiger charge is 2.38. The number of esters is 1. The lowest BCUT2D eigenvalue weighted by Gasteiger charge is -2.47. The molecule has 1 N–H and O–H groups in total. The van der Waals surface area contributed by atoms with Gasteiger partial charge in [-0.15, -0.1) is 0 Å². The molecule has 0 spiro atoms. The lowest BCUT2D eigenvalue weighted by Crippen LogP contribution is -2.61.